The second kappa shape index (κ2) is 8.72. The first kappa shape index (κ1) is 25.6. The molecule has 2 rings (SSSR count). The Labute approximate surface area is 186 Å². The number of ether oxygens (including phenoxy) is 2. The van der Waals surface area contributed by atoms with E-state index < -0.39 is 29.7 Å². The molecule has 0 aromatic heterocycles. The second-order valence-corrected chi connectivity index (χ2v) is 11.1. The molecule has 1 heterocycles. The highest BCUT2D eigenvalue weighted by molar-refractivity contribution is 6.62. The van der Waals surface area contributed by atoms with Crippen molar-refractivity contribution in [1.29, 1.82) is 0 Å². The summed E-state index contributed by atoms with van der Waals surface area (Å²) in [4.78, 5) is 13.2. The molecule has 6 nitrogen and oxygen atoms in total. The van der Waals surface area contributed by atoms with E-state index in [0.29, 0.717) is 0 Å². The number of hydrogen-bond acceptors (Lipinski definition) is 5. The minimum absolute atomic E-state index is 0.0167. The number of benzene rings is 1. The van der Waals surface area contributed by atoms with Gasteiger partial charge in [-0.05, 0) is 59.4 Å². The van der Waals surface area contributed by atoms with Crippen LogP contribution in [0.3, 0.4) is 0 Å². The van der Waals surface area contributed by atoms with Gasteiger partial charge in [-0.25, -0.2) is 4.39 Å². The number of carbonyl (C=O) groups is 1. The van der Waals surface area contributed by atoms with E-state index in [9.17, 15) is 4.79 Å². The summed E-state index contributed by atoms with van der Waals surface area (Å²) in [6, 6.07) is 2.63. The highest BCUT2D eigenvalue weighted by atomic mass is 19.1. The molecule has 1 fully saturated rings. The summed E-state index contributed by atoms with van der Waals surface area (Å²) in [6.45, 7) is 17.7. The molecule has 0 radical (unpaired) electrons. The first-order valence-corrected chi connectivity index (χ1v) is 10.6. The highest BCUT2D eigenvalue weighted by Gasteiger charge is 2.52. The lowest BCUT2D eigenvalue weighted by molar-refractivity contribution is 0.00578. The molecular weight excluding hydrogens is 400 g/mol. The molecule has 0 atom stereocenters. The zero-order valence-corrected chi connectivity index (χ0v) is 20.6. The van der Waals surface area contributed by atoms with Gasteiger partial charge in [0.25, 0.3) is 5.91 Å². The summed E-state index contributed by atoms with van der Waals surface area (Å²) in [7, 11) is 0.525. The summed E-state index contributed by atoms with van der Waals surface area (Å²) >= 11 is 0. The Morgan fingerprint density at radius 2 is 1.65 bits per heavy atom. The van der Waals surface area contributed by atoms with Crippen LogP contribution in [0.2, 0.25) is 0 Å². The number of hydrogen-bond donors (Lipinski definition) is 1. The normalized spacial score (nSPS) is 18.2. The van der Waals surface area contributed by atoms with Crippen molar-refractivity contribution in [3.8, 4) is 5.75 Å². The van der Waals surface area contributed by atoms with Crippen LogP contribution in [0.25, 0.3) is 0 Å². The van der Waals surface area contributed by atoms with Crippen LogP contribution in [0.4, 0.5) is 4.39 Å². The van der Waals surface area contributed by atoms with E-state index in [4.69, 9.17) is 18.8 Å². The number of rotatable bonds is 7. The third kappa shape index (κ3) is 6.21. The fourth-order valence-electron chi connectivity index (χ4n) is 3.89. The third-order valence-electron chi connectivity index (χ3n) is 5.61. The minimum Gasteiger partial charge on any atom is -0.467 e. The van der Waals surface area contributed by atoms with Crippen molar-refractivity contribution < 1.29 is 28.0 Å². The van der Waals surface area contributed by atoms with Crippen LogP contribution in [-0.2, 0) is 14.0 Å². The Bertz CT molecular complexity index is 801. The molecule has 0 unspecified atom stereocenters. The first-order chi connectivity index (χ1) is 14.0. The smallest absolute Gasteiger partial charge is 0.467 e. The fraction of sp³-hybridized carbons (Fsp3) is 0.696. The van der Waals surface area contributed by atoms with Gasteiger partial charge in [0.2, 0.25) is 0 Å². The van der Waals surface area contributed by atoms with Crippen molar-refractivity contribution >= 4 is 18.5 Å². The van der Waals surface area contributed by atoms with Gasteiger partial charge in [0, 0.05) is 24.2 Å². The molecule has 0 aliphatic carbocycles. The maximum atomic E-state index is 15.0. The average Bonchev–Trinajstić information content (AvgIpc) is 2.77. The molecule has 174 valence electrons. The van der Waals surface area contributed by atoms with Crippen LogP contribution in [0.5, 0.6) is 5.75 Å². The lowest BCUT2D eigenvalue weighted by Gasteiger charge is -2.33. The molecule has 1 saturated heterocycles. The summed E-state index contributed by atoms with van der Waals surface area (Å²) in [5.74, 6) is -0.836. The standard InChI is InChI=1S/C23H37BFNO5/c1-20(2,3)13-21(4,5)26-19(27)15-11-16(17(25)12-18(15)29-14-28-10)24-30-22(6,7)23(8,9)31-24/h11-12H,13-14H2,1-10H3,(H,26,27). The summed E-state index contributed by atoms with van der Waals surface area (Å²) in [6.07, 6.45) is 0.755. The third-order valence-corrected chi connectivity index (χ3v) is 5.61. The number of methoxy groups -OCH3 is 1. The topological polar surface area (TPSA) is 66.0 Å². The number of halogens is 1. The Hall–Kier alpha value is -1.64. The van der Waals surface area contributed by atoms with Gasteiger partial charge in [0.15, 0.2) is 6.79 Å². The van der Waals surface area contributed by atoms with E-state index in [-0.39, 0.29) is 34.9 Å². The van der Waals surface area contributed by atoms with E-state index in [1.165, 1.54) is 19.2 Å². The molecule has 1 N–H and O–H groups in total. The Balaban J connectivity index is 2.42. The molecule has 31 heavy (non-hydrogen) atoms. The van der Waals surface area contributed by atoms with Gasteiger partial charge < -0.3 is 24.1 Å². The van der Waals surface area contributed by atoms with Crippen molar-refractivity contribution in [3.05, 3.63) is 23.5 Å². The number of nitrogens with one attached hydrogen (secondary N) is 1. The molecule has 1 aromatic rings. The van der Waals surface area contributed by atoms with Crippen molar-refractivity contribution in [2.75, 3.05) is 13.9 Å². The van der Waals surface area contributed by atoms with Gasteiger partial charge in [-0.15, -0.1) is 0 Å². The van der Waals surface area contributed by atoms with Gasteiger partial charge in [-0.3, -0.25) is 4.79 Å². The first-order valence-electron chi connectivity index (χ1n) is 10.6. The molecule has 1 aliphatic heterocycles. The molecule has 0 bridgehead atoms. The van der Waals surface area contributed by atoms with Gasteiger partial charge in [0.05, 0.1) is 16.8 Å². The number of carbonyl (C=O) groups excluding carboxylic acids is 1. The Morgan fingerprint density at radius 1 is 1.10 bits per heavy atom. The fourth-order valence-corrected chi connectivity index (χ4v) is 3.89. The average molecular weight is 437 g/mol. The van der Waals surface area contributed by atoms with Crippen LogP contribution in [0, 0.1) is 11.2 Å². The Morgan fingerprint density at radius 3 is 2.13 bits per heavy atom. The van der Waals surface area contributed by atoms with Crippen molar-refractivity contribution in [3.63, 3.8) is 0 Å². The van der Waals surface area contributed by atoms with E-state index in [0.717, 1.165) is 6.42 Å². The summed E-state index contributed by atoms with van der Waals surface area (Å²) in [5, 5.41) is 3.05. The van der Waals surface area contributed by atoms with Crippen molar-refractivity contribution in [2.45, 2.75) is 85.5 Å². The molecule has 0 spiro atoms. The van der Waals surface area contributed by atoms with Crippen LogP contribution in [0.15, 0.2) is 12.1 Å². The molecular formula is C23H37BFNO5. The van der Waals surface area contributed by atoms with Crippen LogP contribution < -0.4 is 15.5 Å². The van der Waals surface area contributed by atoms with Crippen LogP contribution >= 0.6 is 0 Å². The predicted octanol–water partition coefficient (Wildman–Crippen LogP) is 4.05. The van der Waals surface area contributed by atoms with E-state index in [2.05, 4.69) is 26.1 Å². The maximum absolute atomic E-state index is 15.0. The van der Waals surface area contributed by atoms with E-state index >= 15 is 4.39 Å². The zero-order valence-electron chi connectivity index (χ0n) is 20.6. The van der Waals surface area contributed by atoms with E-state index in [1.54, 1.807) is 0 Å². The van der Waals surface area contributed by atoms with Gasteiger partial charge >= 0.3 is 7.12 Å². The van der Waals surface area contributed by atoms with Crippen LogP contribution in [0.1, 0.15) is 79.1 Å². The van der Waals surface area contributed by atoms with Gasteiger partial charge in [-0.1, -0.05) is 20.8 Å². The van der Waals surface area contributed by atoms with Crippen molar-refractivity contribution in [2.24, 2.45) is 5.41 Å². The monoisotopic (exact) mass is 437 g/mol. The molecule has 1 aromatic carbocycles. The van der Waals surface area contributed by atoms with E-state index in [1.807, 2.05) is 41.5 Å². The summed E-state index contributed by atoms with van der Waals surface area (Å²) < 4.78 is 37.5. The lowest BCUT2D eigenvalue weighted by atomic mass is 9.77. The zero-order chi connectivity index (χ0) is 23.8. The van der Waals surface area contributed by atoms with Gasteiger partial charge in [0.1, 0.15) is 11.6 Å². The highest BCUT2D eigenvalue weighted by Crippen LogP contribution is 2.37. The largest absolute Gasteiger partial charge is 0.497 e. The number of amides is 1. The molecule has 1 amide bonds. The molecule has 1 aliphatic rings. The maximum Gasteiger partial charge on any atom is 0.497 e. The quantitative estimate of drug-likeness (QED) is 0.515. The lowest BCUT2D eigenvalue weighted by Crippen LogP contribution is -2.46. The second-order valence-electron chi connectivity index (χ2n) is 11.1. The summed E-state index contributed by atoms with van der Waals surface area (Å²) in [5.41, 5.74) is -1.37. The SMILES string of the molecule is COCOc1cc(F)c(B2OC(C)(C)C(C)(C)O2)cc1C(=O)NC(C)(C)CC(C)(C)C. The predicted molar refractivity (Wildman–Crippen MR) is 120 cm³/mol. The molecule has 0 saturated carbocycles. The van der Waals surface area contributed by atoms with Crippen LogP contribution in [-0.4, -0.2) is 43.7 Å². The van der Waals surface area contributed by atoms with Gasteiger partial charge in [-0.2, -0.15) is 0 Å². The Kier molecular flexibility index (Phi) is 7.20. The molecule has 8 heteroatoms. The minimum atomic E-state index is -0.935. The van der Waals surface area contributed by atoms with Crippen molar-refractivity contribution in [1.82, 2.24) is 5.32 Å².